The summed E-state index contributed by atoms with van der Waals surface area (Å²) < 4.78 is 5.06. The second kappa shape index (κ2) is 5.40. The summed E-state index contributed by atoms with van der Waals surface area (Å²) in [6.45, 7) is 5.56. The third-order valence-corrected chi connectivity index (χ3v) is 4.37. The fourth-order valence-electron chi connectivity index (χ4n) is 2.08. The van der Waals surface area contributed by atoms with Crippen LogP contribution in [0.5, 0.6) is 0 Å². The molecule has 0 bridgehead atoms. The summed E-state index contributed by atoms with van der Waals surface area (Å²) in [5.74, 6) is -0.958. The third-order valence-electron chi connectivity index (χ3n) is 3.32. The van der Waals surface area contributed by atoms with E-state index in [4.69, 9.17) is 10.5 Å². The first-order chi connectivity index (χ1) is 9.35. The lowest BCUT2D eigenvalue weighted by molar-refractivity contribution is -0.145. The van der Waals surface area contributed by atoms with Crippen LogP contribution in [-0.4, -0.2) is 29.0 Å². The van der Waals surface area contributed by atoms with Crippen LogP contribution >= 0.6 is 11.3 Å². The molecule has 0 spiro atoms. The normalized spacial score (nSPS) is 17.6. The van der Waals surface area contributed by atoms with Crippen molar-refractivity contribution in [3.05, 3.63) is 10.6 Å². The lowest BCUT2D eigenvalue weighted by atomic mass is 10.1. The van der Waals surface area contributed by atoms with Crippen LogP contribution in [0, 0.1) is 0 Å². The summed E-state index contributed by atoms with van der Waals surface area (Å²) in [6.07, 6.45) is 1.56. The number of fused-ring (bicyclic) bond motifs is 1. The Labute approximate surface area is 121 Å². The number of nitrogens with two attached hydrogens (primary N) is 1. The molecule has 20 heavy (non-hydrogen) atoms. The standard InChI is InChI=1S/C13H19N3O3S/c1-4-19-10(17)7-5-6-8-9(7)15-12(20-8)16-13(2,3)11(14)18/h7H,4-6H2,1-3H3,(H2,14,18)(H,15,16). The molecule has 1 aliphatic carbocycles. The molecular formula is C13H19N3O3S. The first kappa shape index (κ1) is 14.8. The van der Waals surface area contributed by atoms with E-state index >= 15 is 0 Å². The van der Waals surface area contributed by atoms with E-state index in [1.165, 1.54) is 11.3 Å². The summed E-state index contributed by atoms with van der Waals surface area (Å²) in [7, 11) is 0. The van der Waals surface area contributed by atoms with Gasteiger partial charge in [-0.25, -0.2) is 4.98 Å². The smallest absolute Gasteiger partial charge is 0.315 e. The van der Waals surface area contributed by atoms with Gasteiger partial charge in [-0.15, -0.1) is 11.3 Å². The fourth-order valence-corrected chi connectivity index (χ4v) is 3.28. The second-order valence-electron chi connectivity index (χ2n) is 5.28. The maximum absolute atomic E-state index is 11.9. The van der Waals surface area contributed by atoms with Gasteiger partial charge in [0.25, 0.3) is 0 Å². The summed E-state index contributed by atoms with van der Waals surface area (Å²) in [5.41, 5.74) is 5.23. The van der Waals surface area contributed by atoms with Gasteiger partial charge in [-0.1, -0.05) is 0 Å². The van der Waals surface area contributed by atoms with E-state index in [9.17, 15) is 9.59 Å². The largest absolute Gasteiger partial charge is 0.465 e. The highest BCUT2D eigenvalue weighted by molar-refractivity contribution is 7.15. The highest BCUT2D eigenvalue weighted by Gasteiger charge is 2.35. The predicted molar refractivity (Wildman–Crippen MR) is 76.7 cm³/mol. The molecule has 6 nitrogen and oxygen atoms in total. The van der Waals surface area contributed by atoms with Crippen molar-refractivity contribution in [2.75, 3.05) is 11.9 Å². The monoisotopic (exact) mass is 297 g/mol. The molecule has 7 heteroatoms. The number of thiazole rings is 1. The molecular weight excluding hydrogens is 278 g/mol. The van der Waals surface area contributed by atoms with Crippen molar-refractivity contribution in [3.63, 3.8) is 0 Å². The van der Waals surface area contributed by atoms with E-state index < -0.39 is 11.4 Å². The van der Waals surface area contributed by atoms with Crippen molar-refractivity contribution in [3.8, 4) is 0 Å². The van der Waals surface area contributed by atoms with Crippen LogP contribution in [0.3, 0.4) is 0 Å². The lowest BCUT2D eigenvalue weighted by Gasteiger charge is -2.21. The van der Waals surface area contributed by atoms with Crippen molar-refractivity contribution >= 4 is 28.3 Å². The number of hydrogen-bond donors (Lipinski definition) is 2. The van der Waals surface area contributed by atoms with Crippen LogP contribution in [0.25, 0.3) is 0 Å². The number of primary amides is 1. The maximum atomic E-state index is 11.9. The van der Waals surface area contributed by atoms with Crippen molar-refractivity contribution in [1.29, 1.82) is 0 Å². The zero-order valence-electron chi connectivity index (χ0n) is 11.9. The molecule has 2 rings (SSSR count). The van der Waals surface area contributed by atoms with Crippen LogP contribution in [0.2, 0.25) is 0 Å². The van der Waals surface area contributed by atoms with E-state index in [2.05, 4.69) is 10.3 Å². The number of amides is 1. The number of anilines is 1. The number of aromatic nitrogens is 1. The van der Waals surface area contributed by atoms with Gasteiger partial charge < -0.3 is 15.8 Å². The summed E-state index contributed by atoms with van der Waals surface area (Å²) >= 11 is 1.47. The Kier molecular flexibility index (Phi) is 3.99. The summed E-state index contributed by atoms with van der Waals surface area (Å²) in [4.78, 5) is 28.7. The zero-order valence-corrected chi connectivity index (χ0v) is 12.7. The molecule has 1 amide bonds. The number of carbonyl (C=O) groups is 2. The van der Waals surface area contributed by atoms with Gasteiger partial charge >= 0.3 is 5.97 Å². The second-order valence-corrected chi connectivity index (χ2v) is 6.37. The van der Waals surface area contributed by atoms with Gasteiger partial charge in [-0.05, 0) is 33.6 Å². The van der Waals surface area contributed by atoms with Crippen LogP contribution in [0.15, 0.2) is 0 Å². The molecule has 0 saturated heterocycles. The van der Waals surface area contributed by atoms with Crippen molar-refractivity contribution in [1.82, 2.24) is 4.98 Å². The van der Waals surface area contributed by atoms with Crippen LogP contribution in [0.4, 0.5) is 5.13 Å². The predicted octanol–water partition coefficient (Wildman–Crippen LogP) is 1.41. The Morgan fingerprint density at radius 2 is 2.25 bits per heavy atom. The minimum absolute atomic E-state index is 0.225. The number of carbonyl (C=O) groups excluding carboxylic acids is 2. The number of aryl methyl sites for hydroxylation is 1. The molecule has 1 heterocycles. The van der Waals surface area contributed by atoms with Gasteiger partial charge in [-0.3, -0.25) is 9.59 Å². The molecule has 0 fully saturated rings. The molecule has 0 aromatic carbocycles. The van der Waals surface area contributed by atoms with Crippen LogP contribution in [0.1, 0.15) is 43.7 Å². The van der Waals surface area contributed by atoms with E-state index in [1.807, 2.05) is 0 Å². The minimum atomic E-state index is -0.870. The number of nitrogens with zero attached hydrogens (tertiary/aromatic N) is 1. The van der Waals surface area contributed by atoms with Crippen molar-refractivity contribution < 1.29 is 14.3 Å². The summed E-state index contributed by atoms with van der Waals surface area (Å²) in [5, 5.41) is 3.64. The van der Waals surface area contributed by atoms with Gasteiger partial charge in [0.05, 0.1) is 12.3 Å². The van der Waals surface area contributed by atoms with Gasteiger partial charge in [0, 0.05) is 4.88 Å². The Hall–Kier alpha value is -1.63. The Bertz CT molecular complexity index is 539. The average molecular weight is 297 g/mol. The maximum Gasteiger partial charge on any atom is 0.315 e. The van der Waals surface area contributed by atoms with Gasteiger partial charge in [0.15, 0.2) is 5.13 Å². The Morgan fingerprint density at radius 1 is 1.55 bits per heavy atom. The van der Waals surface area contributed by atoms with Crippen molar-refractivity contribution in [2.45, 2.75) is 45.1 Å². The first-order valence-electron chi connectivity index (χ1n) is 6.59. The highest BCUT2D eigenvalue weighted by Crippen LogP contribution is 2.39. The summed E-state index contributed by atoms with van der Waals surface area (Å²) in [6, 6.07) is 0. The first-order valence-corrected chi connectivity index (χ1v) is 7.41. The van der Waals surface area contributed by atoms with Crippen LogP contribution < -0.4 is 11.1 Å². The van der Waals surface area contributed by atoms with E-state index in [-0.39, 0.29) is 11.9 Å². The molecule has 110 valence electrons. The molecule has 3 N–H and O–H groups in total. The number of rotatable bonds is 5. The topological polar surface area (TPSA) is 94.3 Å². The van der Waals surface area contributed by atoms with Crippen molar-refractivity contribution in [2.24, 2.45) is 5.73 Å². The van der Waals surface area contributed by atoms with Crippen LogP contribution in [-0.2, 0) is 20.7 Å². The molecule has 1 atom stereocenters. The molecule has 0 radical (unpaired) electrons. The van der Waals surface area contributed by atoms with Gasteiger partial charge in [0.1, 0.15) is 11.5 Å². The quantitative estimate of drug-likeness (QED) is 0.801. The minimum Gasteiger partial charge on any atom is -0.465 e. The highest BCUT2D eigenvalue weighted by atomic mass is 32.1. The molecule has 1 aliphatic rings. The average Bonchev–Trinajstić information content (AvgIpc) is 2.87. The van der Waals surface area contributed by atoms with Gasteiger partial charge in [0.2, 0.25) is 5.91 Å². The SMILES string of the molecule is CCOC(=O)C1CCc2sc(NC(C)(C)C(N)=O)nc21. The zero-order chi connectivity index (χ0) is 14.9. The van der Waals surface area contributed by atoms with E-state index in [1.54, 1.807) is 20.8 Å². The molecule has 1 aromatic heterocycles. The molecule has 0 saturated carbocycles. The Morgan fingerprint density at radius 3 is 2.85 bits per heavy atom. The number of ether oxygens (including phenoxy) is 1. The molecule has 0 aliphatic heterocycles. The number of nitrogens with one attached hydrogen (secondary N) is 1. The lowest BCUT2D eigenvalue weighted by Crippen LogP contribution is -2.45. The van der Waals surface area contributed by atoms with E-state index in [0.717, 1.165) is 23.4 Å². The Balaban J connectivity index is 2.17. The van der Waals surface area contributed by atoms with E-state index in [0.29, 0.717) is 11.7 Å². The van der Waals surface area contributed by atoms with Gasteiger partial charge in [-0.2, -0.15) is 0 Å². The molecule has 1 unspecified atom stereocenters. The third kappa shape index (κ3) is 2.77. The number of esters is 1. The number of hydrogen-bond acceptors (Lipinski definition) is 6. The fraction of sp³-hybridized carbons (Fsp3) is 0.615. The molecule has 1 aromatic rings.